The van der Waals surface area contributed by atoms with Crippen molar-refractivity contribution in [3.63, 3.8) is 0 Å². The number of alkyl halides is 2. The molecule has 0 aromatic heterocycles. The zero-order valence-corrected chi connectivity index (χ0v) is 15.9. The summed E-state index contributed by atoms with van der Waals surface area (Å²) >= 11 is 6.00. The number of rotatable bonds is 9. The standard InChI is InChI=1S/C16H18BClF2N2O6/c1-9-6-11(18)7-10-8-12(14(16(17,19)20)28-13(9)10)15(23)21-2-3-26-4-5-27-22(24)25/h6-8,14H,2-5,17H2,1H3,(H,21,23)/t14-/m0/s1. The minimum atomic E-state index is -3.30. The van der Waals surface area contributed by atoms with Gasteiger partial charge in [-0.1, -0.05) is 11.6 Å². The molecule has 0 spiro atoms. The fourth-order valence-corrected chi connectivity index (χ4v) is 2.90. The van der Waals surface area contributed by atoms with Gasteiger partial charge in [0.25, 0.3) is 11.0 Å². The second-order valence-electron chi connectivity index (χ2n) is 6.12. The number of nitrogens with zero attached hydrogens (tertiary/aromatic N) is 1. The summed E-state index contributed by atoms with van der Waals surface area (Å²) in [4.78, 5) is 26.5. The number of amides is 1. The molecule has 12 heteroatoms. The van der Waals surface area contributed by atoms with Crippen molar-refractivity contribution < 1.29 is 33.0 Å². The Hall–Kier alpha value is -2.40. The molecule has 152 valence electrons. The predicted octanol–water partition coefficient (Wildman–Crippen LogP) is 1.36. The highest BCUT2D eigenvalue weighted by Crippen LogP contribution is 2.38. The summed E-state index contributed by atoms with van der Waals surface area (Å²) in [6.45, 7) is 1.41. The number of ether oxygens (including phenoxy) is 2. The minimum absolute atomic E-state index is 0.0120. The number of aryl methyl sites for hydroxylation is 1. The van der Waals surface area contributed by atoms with Crippen molar-refractivity contribution in [3.05, 3.63) is 44.0 Å². The number of halogens is 3. The molecule has 0 unspecified atom stereocenters. The van der Waals surface area contributed by atoms with Gasteiger partial charge in [-0.25, -0.2) is 8.78 Å². The van der Waals surface area contributed by atoms with Crippen LogP contribution in [-0.4, -0.2) is 57.1 Å². The third-order valence-electron chi connectivity index (χ3n) is 3.78. The van der Waals surface area contributed by atoms with Gasteiger partial charge in [-0.3, -0.25) is 4.79 Å². The molecule has 8 nitrogen and oxygen atoms in total. The van der Waals surface area contributed by atoms with E-state index in [-0.39, 0.29) is 37.7 Å². The van der Waals surface area contributed by atoms with E-state index in [0.717, 1.165) is 0 Å². The lowest BCUT2D eigenvalue weighted by atomic mass is 9.85. The van der Waals surface area contributed by atoms with Crippen LogP contribution in [0.15, 0.2) is 17.7 Å². The highest BCUT2D eigenvalue weighted by Gasteiger charge is 2.43. The molecule has 0 aliphatic carbocycles. The second kappa shape index (κ2) is 9.20. The largest absolute Gasteiger partial charge is 0.479 e. The van der Waals surface area contributed by atoms with E-state index < -0.39 is 22.9 Å². The van der Waals surface area contributed by atoms with Gasteiger partial charge < -0.3 is 19.6 Å². The SMILES string of the molecule is BC(F)(F)[C@H]1Oc2c(C)cc(Cl)cc2C=C1C(=O)NCCOCCO[N+](=O)[O-]. The van der Waals surface area contributed by atoms with Crippen molar-refractivity contribution in [3.8, 4) is 5.75 Å². The summed E-state index contributed by atoms with van der Waals surface area (Å²) in [5, 5.41) is 11.9. The smallest absolute Gasteiger partial charge is 0.294 e. The Labute approximate surface area is 165 Å². The van der Waals surface area contributed by atoms with Gasteiger partial charge in [0.1, 0.15) is 12.4 Å². The number of carbonyl (C=O) groups excluding carboxylic acids is 1. The third kappa shape index (κ3) is 5.80. The summed E-state index contributed by atoms with van der Waals surface area (Å²) in [5.41, 5.74) is 0.778. The fraction of sp³-hybridized carbons (Fsp3) is 0.438. The van der Waals surface area contributed by atoms with E-state index in [1.807, 2.05) is 0 Å². The first-order chi connectivity index (χ1) is 13.1. The average molecular weight is 419 g/mol. The van der Waals surface area contributed by atoms with Gasteiger partial charge in [-0.05, 0) is 30.7 Å². The van der Waals surface area contributed by atoms with Crippen molar-refractivity contribution in [2.24, 2.45) is 0 Å². The molecule has 1 aliphatic rings. The Morgan fingerprint density at radius 3 is 2.79 bits per heavy atom. The predicted molar refractivity (Wildman–Crippen MR) is 98.8 cm³/mol. The molecule has 0 saturated carbocycles. The van der Waals surface area contributed by atoms with Crippen molar-refractivity contribution in [1.82, 2.24) is 5.32 Å². The number of benzene rings is 1. The lowest BCUT2D eigenvalue weighted by molar-refractivity contribution is -0.758. The molecule has 1 aliphatic heterocycles. The molecule has 0 radical (unpaired) electrons. The van der Waals surface area contributed by atoms with Crippen molar-refractivity contribution >= 4 is 31.4 Å². The van der Waals surface area contributed by atoms with Gasteiger partial charge in [0, 0.05) is 17.1 Å². The molecule has 1 amide bonds. The third-order valence-corrected chi connectivity index (χ3v) is 3.99. The molecule has 1 aromatic rings. The van der Waals surface area contributed by atoms with Gasteiger partial charge >= 0.3 is 0 Å². The molecular weight excluding hydrogens is 400 g/mol. The van der Waals surface area contributed by atoms with Crippen LogP contribution in [0.25, 0.3) is 6.08 Å². The normalized spacial score (nSPS) is 15.9. The van der Waals surface area contributed by atoms with Crippen molar-refractivity contribution in [2.45, 2.75) is 18.8 Å². The van der Waals surface area contributed by atoms with Crippen LogP contribution in [0, 0.1) is 17.0 Å². The van der Waals surface area contributed by atoms with Crippen LogP contribution in [0.5, 0.6) is 5.75 Å². The Kier molecular flexibility index (Phi) is 7.19. The van der Waals surface area contributed by atoms with Crippen molar-refractivity contribution in [1.29, 1.82) is 0 Å². The minimum Gasteiger partial charge on any atom is -0.479 e. The lowest BCUT2D eigenvalue weighted by Crippen LogP contribution is -2.46. The Balaban J connectivity index is 2.04. The maximum absolute atomic E-state index is 14.1. The maximum Gasteiger partial charge on any atom is 0.294 e. The summed E-state index contributed by atoms with van der Waals surface area (Å²) in [6.07, 6.45) is -0.421. The molecule has 1 aromatic carbocycles. The van der Waals surface area contributed by atoms with Crippen molar-refractivity contribution in [2.75, 3.05) is 26.4 Å². The van der Waals surface area contributed by atoms with E-state index in [1.165, 1.54) is 12.1 Å². The lowest BCUT2D eigenvalue weighted by Gasteiger charge is -2.31. The van der Waals surface area contributed by atoms with Gasteiger partial charge in [0.2, 0.25) is 5.82 Å². The van der Waals surface area contributed by atoms with E-state index in [1.54, 1.807) is 13.0 Å². The van der Waals surface area contributed by atoms with Crippen LogP contribution in [0.4, 0.5) is 8.78 Å². The molecule has 2 rings (SSSR count). The molecule has 0 bridgehead atoms. The van der Waals surface area contributed by atoms with Gasteiger partial charge in [0.15, 0.2) is 14.0 Å². The summed E-state index contributed by atoms with van der Waals surface area (Å²) < 4.78 is 38.6. The van der Waals surface area contributed by atoms with Crippen LogP contribution < -0.4 is 10.1 Å². The van der Waals surface area contributed by atoms with Crippen LogP contribution in [0.3, 0.4) is 0 Å². The van der Waals surface area contributed by atoms with Gasteiger partial charge in [0.05, 0.1) is 18.8 Å². The zero-order valence-electron chi connectivity index (χ0n) is 15.2. The Morgan fingerprint density at radius 1 is 1.43 bits per heavy atom. The molecular formula is C16H18BClF2N2O6. The van der Waals surface area contributed by atoms with E-state index in [4.69, 9.17) is 21.1 Å². The fourth-order valence-electron chi connectivity index (χ4n) is 2.62. The number of carbonyl (C=O) groups is 1. The Morgan fingerprint density at radius 2 is 2.14 bits per heavy atom. The van der Waals surface area contributed by atoms with Crippen LogP contribution in [-0.2, 0) is 14.4 Å². The topological polar surface area (TPSA) is 99.9 Å². The van der Waals surface area contributed by atoms with Crippen LogP contribution in [0.1, 0.15) is 11.1 Å². The number of fused-ring (bicyclic) bond motifs is 1. The van der Waals surface area contributed by atoms with E-state index in [0.29, 0.717) is 24.0 Å². The Bertz CT molecular complexity index is 787. The maximum atomic E-state index is 14.1. The van der Waals surface area contributed by atoms with Gasteiger partial charge in [-0.15, -0.1) is 10.1 Å². The quantitative estimate of drug-likeness (QED) is 0.281. The first-order valence-corrected chi connectivity index (χ1v) is 8.67. The highest BCUT2D eigenvalue weighted by molar-refractivity contribution is 6.31. The molecule has 0 fully saturated rings. The second-order valence-corrected chi connectivity index (χ2v) is 6.56. The zero-order chi connectivity index (χ0) is 20.9. The van der Waals surface area contributed by atoms with E-state index in [2.05, 4.69) is 10.2 Å². The first-order valence-electron chi connectivity index (χ1n) is 8.29. The summed E-state index contributed by atoms with van der Waals surface area (Å²) in [5.74, 6) is -3.79. The van der Waals surface area contributed by atoms with E-state index in [9.17, 15) is 23.7 Å². The number of hydrogen-bond acceptors (Lipinski definition) is 6. The van der Waals surface area contributed by atoms with E-state index >= 15 is 0 Å². The summed E-state index contributed by atoms with van der Waals surface area (Å²) in [6, 6.07) is 3.11. The summed E-state index contributed by atoms with van der Waals surface area (Å²) in [7, 11) is 0.674. The molecule has 1 heterocycles. The molecule has 1 N–H and O–H groups in total. The first kappa shape index (κ1) is 21.9. The molecule has 28 heavy (non-hydrogen) atoms. The monoisotopic (exact) mass is 418 g/mol. The molecule has 0 saturated heterocycles. The van der Waals surface area contributed by atoms with Gasteiger partial charge in [-0.2, -0.15) is 0 Å². The highest BCUT2D eigenvalue weighted by atomic mass is 35.5. The average Bonchev–Trinajstić information content (AvgIpc) is 2.58. The molecule has 1 atom stereocenters. The van der Waals surface area contributed by atoms with Crippen LogP contribution >= 0.6 is 11.6 Å². The number of nitrogens with one attached hydrogen (secondary N) is 1. The number of hydrogen-bond donors (Lipinski definition) is 1. The van der Waals surface area contributed by atoms with Crippen LogP contribution in [0.2, 0.25) is 5.02 Å².